The number of benzene rings is 2. The Morgan fingerprint density at radius 2 is 1.36 bits per heavy atom. The van der Waals surface area contributed by atoms with Crippen LogP contribution in [0.5, 0.6) is 11.5 Å². The van der Waals surface area contributed by atoms with E-state index in [0.717, 1.165) is 12.1 Å². The minimum atomic E-state index is -1.73. The summed E-state index contributed by atoms with van der Waals surface area (Å²) in [5.41, 5.74) is 0.380. The lowest BCUT2D eigenvalue weighted by atomic mass is 9.98. The van der Waals surface area contributed by atoms with Gasteiger partial charge in [0.1, 0.15) is 18.5 Å². The van der Waals surface area contributed by atoms with Gasteiger partial charge in [-0.2, -0.15) is 0 Å². The quantitative estimate of drug-likeness (QED) is 0.379. The first-order valence-corrected chi connectivity index (χ1v) is 11.0. The maximum absolute atomic E-state index is 13.8. The fourth-order valence-electron chi connectivity index (χ4n) is 3.73. The van der Waals surface area contributed by atoms with Crippen molar-refractivity contribution < 1.29 is 67.0 Å². The summed E-state index contributed by atoms with van der Waals surface area (Å²) in [5, 5.41) is 9.34. The fraction of sp³-hybridized carbons (Fsp3) is 0.385. The van der Waals surface area contributed by atoms with Gasteiger partial charge in [0.2, 0.25) is 12.4 Å². The highest BCUT2D eigenvalue weighted by molar-refractivity contribution is 5.69. The fourth-order valence-corrected chi connectivity index (χ4v) is 3.73. The first kappa shape index (κ1) is 23.8. The standard InChI is InChI=1S/C26H26F2O11/c1-12(29)34-11-21-23(35-13(2)30)24(36-14(3)31)25(37-15(4)32)26(39-21)38-18-7-5-16(6-8-18)17-9-19(27)22(33)20(28)10-17/h5-10,21,23-26,33H,11H2,1-4H3/t21-,23-,24+,25+,26?/m1/s1/i1D,2D,3D,4D. The number of rotatable bonds is 8. The maximum Gasteiger partial charge on any atom is 0.303 e. The van der Waals surface area contributed by atoms with E-state index in [0.29, 0.717) is 5.56 Å². The van der Waals surface area contributed by atoms with Crippen LogP contribution in [-0.4, -0.2) is 66.3 Å². The molecular formula is C26H26F2O11. The van der Waals surface area contributed by atoms with Crippen LogP contribution < -0.4 is 4.74 Å². The van der Waals surface area contributed by atoms with Gasteiger partial charge in [0.15, 0.2) is 29.6 Å². The van der Waals surface area contributed by atoms with Crippen molar-refractivity contribution in [1.29, 1.82) is 0 Å². The highest BCUT2D eigenvalue weighted by Gasteiger charge is 2.53. The van der Waals surface area contributed by atoms with Gasteiger partial charge in [0.25, 0.3) is 0 Å². The highest BCUT2D eigenvalue weighted by atomic mass is 19.1. The van der Waals surface area contributed by atoms with Crippen LogP contribution in [-0.2, 0) is 42.9 Å². The van der Waals surface area contributed by atoms with Crippen LogP contribution in [0.2, 0.25) is 0 Å². The summed E-state index contributed by atoms with van der Waals surface area (Å²) in [6, 6.07) is 7.24. The zero-order valence-electron chi connectivity index (χ0n) is 24.2. The Hall–Kier alpha value is -4.26. The Morgan fingerprint density at radius 3 is 1.92 bits per heavy atom. The van der Waals surface area contributed by atoms with E-state index in [1.54, 1.807) is 0 Å². The predicted molar refractivity (Wildman–Crippen MR) is 126 cm³/mol. The van der Waals surface area contributed by atoms with E-state index in [2.05, 4.69) is 0 Å². The molecule has 1 aliphatic heterocycles. The summed E-state index contributed by atoms with van der Waals surface area (Å²) in [4.78, 5) is 48.1. The maximum atomic E-state index is 13.8. The number of carbonyl (C=O) groups is 4. The number of halogens is 2. The van der Waals surface area contributed by atoms with Crippen LogP contribution in [0.4, 0.5) is 8.78 Å². The number of esters is 4. The van der Waals surface area contributed by atoms with E-state index in [4.69, 9.17) is 33.9 Å². The van der Waals surface area contributed by atoms with Gasteiger partial charge in [-0.15, -0.1) is 0 Å². The molecule has 0 aromatic heterocycles. The third-order valence-electron chi connectivity index (χ3n) is 5.26. The normalized spacial score (nSPS) is 23.7. The molecular weight excluding hydrogens is 526 g/mol. The van der Waals surface area contributed by atoms with Gasteiger partial charge in [0, 0.05) is 33.1 Å². The molecule has 39 heavy (non-hydrogen) atoms. The minimum Gasteiger partial charge on any atom is -0.503 e. The summed E-state index contributed by atoms with van der Waals surface area (Å²) in [5.74, 6) is -7.90. The molecule has 0 bridgehead atoms. The average Bonchev–Trinajstić information content (AvgIpc) is 3.01. The number of hydrogen-bond acceptors (Lipinski definition) is 11. The van der Waals surface area contributed by atoms with Gasteiger partial charge in [-0.25, -0.2) is 8.78 Å². The SMILES string of the molecule is [2H]CC(=O)OC[C@H]1OC(Oc2ccc(-c3cc(F)c(O)c(F)c3)cc2)[C@@H](OC(=O)C[2H])[C@@H](OC(=O)C[2H])[C@@H]1OC(=O)C[2H]. The third-order valence-corrected chi connectivity index (χ3v) is 5.26. The Balaban J connectivity index is 1.99. The molecule has 3 rings (SSSR count). The summed E-state index contributed by atoms with van der Waals surface area (Å²) < 4.78 is 89.0. The van der Waals surface area contributed by atoms with Crippen molar-refractivity contribution in [3.63, 3.8) is 0 Å². The van der Waals surface area contributed by atoms with Crippen LogP contribution in [0.15, 0.2) is 36.4 Å². The number of ether oxygens (including phenoxy) is 6. The topological polar surface area (TPSA) is 144 Å². The van der Waals surface area contributed by atoms with Gasteiger partial charge in [0.05, 0.1) is 0 Å². The van der Waals surface area contributed by atoms with Crippen LogP contribution in [0, 0.1) is 11.6 Å². The molecule has 5 atom stereocenters. The van der Waals surface area contributed by atoms with Crippen LogP contribution in [0.1, 0.15) is 33.1 Å². The van der Waals surface area contributed by atoms with E-state index in [1.165, 1.54) is 24.3 Å². The number of carbonyl (C=O) groups excluding carboxylic acids is 4. The van der Waals surface area contributed by atoms with Crippen molar-refractivity contribution in [3.8, 4) is 22.6 Å². The van der Waals surface area contributed by atoms with Gasteiger partial charge in [-0.1, -0.05) is 12.1 Å². The molecule has 1 N–H and O–H groups in total. The van der Waals surface area contributed by atoms with Gasteiger partial charge in [-0.05, 0) is 35.4 Å². The summed E-state index contributed by atoms with van der Waals surface area (Å²) in [7, 11) is 0. The lowest BCUT2D eigenvalue weighted by molar-refractivity contribution is -0.288. The molecule has 0 aliphatic carbocycles. The molecule has 1 unspecified atom stereocenters. The van der Waals surface area contributed by atoms with E-state index < -0.39 is 106 Å². The molecule has 0 spiro atoms. The van der Waals surface area contributed by atoms with Crippen LogP contribution in [0.3, 0.4) is 0 Å². The molecule has 0 amide bonds. The second-order valence-corrected chi connectivity index (χ2v) is 8.02. The smallest absolute Gasteiger partial charge is 0.303 e. The second kappa shape index (κ2) is 12.5. The Kier molecular flexibility index (Phi) is 7.65. The summed E-state index contributed by atoms with van der Waals surface area (Å²) in [6.07, 6.45) is -8.26. The first-order chi connectivity index (χ1) is 20.5. The lowest BCUT2D eigenvalue weighted by Crippen LogP contribution is -2.63. The largest absolute Gasteiger partial charge is 0.503 e. The van der Waals surface area contributed by atoms with Crippen molar-refractivity contribution in [1.82, 2.24) is 0 Å². The second-order valence-electron chi connectivity index (χ2n) is 8.02. The number of phenolic OH excluding ortho intramolecular Hbond substituents is 1. The zero-order chi connectivity index (χ0) is 31.7. The van der Waals surface area contributed by atoms with E-state index in [-0.39, 0.29) is 11.3 Å². The molecule has 0 radical (unpaired) electrons. The highest BCUT2D eigenvalue weighted by Crippen LogP contribution is 2.33. The molecule has 0 saturated carbocycles. The van der Waals surface area contributed by atoms with Crippen molar-refractivity contribution in [3.05, 3.63) is 48.0 Å². The number of aromatic hydroxyl groups is 1. The molecule has 11 nitrogen and oxygen atoms in total. The molecule has 13 heteroatoms. The molecule has 210 valence electrons. The molecule has 1 aliphatic rings. The molecule has 1 saturated heterocycles. The minimum absolute atomic E-state index is 0.00877. The zero-order valence-corrected chi connectivity index (χ0v) is 20.2. The molecule has 2 aromatic rings. The van der Waals surface area contributed by atoms with Gasteiger partial charge >= 0.3 is 23.9 Å². The van der Waals surface area contributed by atoms with Crippen molar-refractivity contribution in [2.45, 2.75) is 58.3 Å². The summed E-state index contributed by atoms with van der Waals surface area (Å²) >= 11 is 0. The van der Waals surface area contributed by atoms with E-state index in [1.807, 2.05) is 0 Å². The Morgan fingerprint density at radius 1 is 0.821 bits per heavy atom. The van der Waals surface area contributed by atoms with Crippen LogP contribution in [0.25, 0.3) is 11.1 Å². The Labute approximate surface area is 227 Å². The van der Waals surface area contributed by atoms with Crippen molar-refractivity contribution >= 4 is 23.9 Å². The van der Waals surface area contributed by atoms with Gasteiger partial charge in [-0.3, -0.25) is 19.2 Å². The summed E-state index contributed by atoms with van der Waals surface area (Å²) in [6.45, 7) is -4.12. The van der Waals surface area contributed by atoms with E-state index in [9.17, 15) is 33.1 Å². The van der Waals surface area contributed by atoms with E-state index >= 15 is 0 Å². The van der Waals surface area contributed by atoms with Crippen LogP contribution >= 0.6 is 0 Å². The van der Waals surface area contributed by atoms with Crippen molar-refractivity contribution in [2.24, 2.45) is 0 Å². The number of hydrogen-bond donors (Lipinski definition) is 1. The predicted octanol–water partition coefficient (Wildman–Crippen LogP) is 2.80. The molecule has 2 aromatic carbocycles. The third kappa shape index (κ3) is 7.63. The average molecular weight is 557 g/mol. The lowest BCUT2D eigenvalue weighted by Gasteiger charge is -2.43. The van der Waals surface area contributed by atoms with Crippen molar-refractivity contribution in [2.75, 3.05) is 6.61 Å². The molecule has 1 fully saturated rings. The number of phenols is 1. The monoisotopic (exact) mass is 556 g/mol. The Bertz CT molecular complexity index is 1290. The van der Waals surface area contributed by atoms with Gasteiger partial charge < -0.3 is 33.5 Å². The first-order valence-electron chi connectivity index (χ1n) is 13.9. The molecule has 1 heterocycles.